The molecule has 2 heterocycles. The molecule has 0 spiro atoms. The van der Waals surface area contributed by atoms with Crippen molar-refractivity contribution >= 4 is 28.3 Å². The lowest BCUT2D eigenvalue weighted by molar-refractivity contribution is 0.0951. The zero-order valence-corrected chi connectivity index (χ0v) is 15.6. The average molecular weight is 378 g/mol. The monoisotopic (exact) mass is 378 g/mol. The summed E-state index contributed by atoms with van der Waals surface area (Å²) in [6.45, 7) is 0.521. The topological polar surface area (TPSA) is 64.4 Å². The summed E-state index contributed by atoms with van der Waals surface area (Å²) in [4.78, 5) is 18.0. The molecule has 1 N–H and O–H groups in total. The zero-order valence-electron chi connectivity index (χ0n) is 14.8. The van der Waals surface area contributed by atoms with E-state index in [1.807, 2.05) is 47.8 Å². The number of methoxy groups -OCH3 is 1. The highest BCUT2D eigenvalue weighted by Gasteiger charge is 2.11. The second-order valence-electron chi connectivity index (χ2n) is 6.08. The van der Waals surface area contributed by atoms with Crippen molar-refractivity contribution in [3.8, 4) is 5.75 Å². The van der Waals surface area contributed by atoms with Gasteiger partial charge in [0.1, 0.15) is 11.3 Å². The maximum Gasteiger partial charge on any atom is 0.251 e. The Kier molecular flexibility index (Phi) is 4.89. The van der Waals surface area contributed by atoms with Crippen molar-refractivity contribution < 1.29 is 13.9 Å². The predicted octanol–water partition coefficient (Wildman–Crippen LogP) is 4.42. The number of carbonyl (C=O) groups is 1. The molecule has 0 unspecified atom stereocenters. The van der Waals surface area contributed by atoms with Crippen LogP contribution in [0.4, 0.5) is 0 Å². The highest BCUT2D eigenvalue weighted by molar-refractivity contribution is 7.09. The number of nitrogens with zero attached hydrogens (tertiary/aromatic N) is 1. The highest BCUT2D eigenvalue weighted by Crippen LogP contribution is 2.21. The maximum atomic E-state index is 12.4. The summed E-state index contributed by atoms with van der Waals surface area (Å²) in [6, 6.07) is 17.1. The van der Waals surface area contributed by atoms with E-state index in [1.54, 1.807) is 30.6 Å². The van der Waals surface area contributed by atoms with Gasteiger partial charge in [0.15, 0.2) is 11.5 Å². The molecule has 4 rings (SSSR count). The third kappa shape index (κ3) is 4.01. The van der Waals surface area contributed by atoms with Crippen molar-refractivity contribution in [1.82, 2.24) is 10.3 Å². The summed E-state index contributed by atoms with van der Waals surface area (Å²) in [6.07, 6.45) is 0.582. The van der Waals surface area contributed by atoms with Crippen LogP contribution in [0.15, 0.2) is 64.4 Å². The average Bonchev–Trinajstić information content (AvgIpc) is 3.35. The molecule has 0 saturated carbocycles. The van der Waals surface area contributed by atoms with E-state index < -0.39 is 0 Å². The third-order valence-corrected chi connectivity index (χ3v) is 5.09. The molecule has 6 heteroatoms. The minimum Gasteiger partial charge on any atom is -0.497 e. The number of rotatable bonds is 6. The Labute approximate surface area is 160 Å². The van der Waals surface area contributed by atoms with Gasteiger partial charge in [-0.3, -0.25) is 4.79 Å². The largest absolute Gasteiger partial charge is 0.497 e. The number of carbonyl (C=O) groups excluding carboxylic acids is 1. The number of aromatic nitrogens is 1. The fraction of sp³-hybridized carbons (Fsp3) is 0.143. The Morgan fingerprint density at radius 1 is 1.19 bits per heavy atom. The van der Waals surface area contributed by atoms with E-state index in [0.29, 0.717) is 30.0 Å². The first-order valence-electron chi connectivity index (χ1n) is 8.54. The number of fused-ring (bicyclic) bond motifs is 1. The predicted molar refractivity (Wildman–Crippen MR) is 105 cm³/mol. The summed E-state index contributed by atoms with van der Waals surface area (Å²) in [5.74, 6) is 1.30. The quantitative estimate of drug-likeness (QED) is 0.539. The minimum absolute atomic E-state index is 0.126. The second kappa shape index (κ2) is 7.63. The number of oxazole rings is 1. The standard InChI is InChI=1S/C21H18N2O3S/c1-25-16-7-4-14(5-8-16)11-20-23-18-9-6-15(12-19(18)26-20)21(24)22-13-17-3-2-10-27-17/h2-10,12H,11,13H2,1H3,(H,22,24). The molecule has 0 aliphatic carbocycles. The smallest absolute Gasteiger partial charge is 0.251 e. The number of hydrogen-bond acceptors (Lipinski definition) is 5. The lowest BCUT2D eigenvalue weighted by Crippen LogP contribution is -2.22. The van der Waals surface area contributed by atoms with Crippen LogP contribution in [0, 0.1) is 0 Å². The van der Waals surface area contributed by atoms with Gasteiger partial charge in [0.2, 0.25) is 0 Å². The minimum atomic E-state index is -0.126. The number of thiophene rings is 1. The highest BCUT2D eigenvalue weighted by atomic mass is 32.1. The van der Waals surface area contributed by atoms with Crippen LogP contribution in [0.5, 0.6) is 5.75 Å². The molecule has 4 aromatic rings. The van der Waals surface area contributed by atoms with E-state index in [1.165, 1.54) is 0 Å². The van der Waals surface area contributed by atoms with Crippen LogP contribution in [-0.2, 0) is 13.0 Å². The Balaban J connectivity index is 1.48. The first kappa shape index (κ1) is 17.3. The van der Waals surface area contributed by atoms with Crippen LogP contribution in [0.1, 0.15) is 26.7 Å². The normalized spacial score (nSPS) is 10.9. The summed E-state index contributed by atoms with van der Waals surface area (Å²) >= 11 is 1.62. The molecule has 0 fully saturated rings. The van der Waals surface area contributed by atoms with Crippen LogP contribution < -0.4 is 10.1 Å². The van der Waals surface area contributed by atoms with Crippen LogP contribution in [0.2, 0.25) is 0 Å². The molecule has 2 aromatic carbocycles. The fourth-order valence-corrected chi connectivity index (χ4v) is 3.43. The zero-order chi connectivity index (χ0) is 18.6. The molecule has 136 valence electrons. The Hall–Kier alpha value is -3.12. The molecule has 1 amide bonds. The van der Waals surface area contributed by atoms with Crippen LogP contribution >= 0.6 is 11.3 Å². The number of hydrogen-bond donors (Lipinski definition) is 1. The molecule has 27 heavy (non-hydrogen) atoms. The van der Waals surface area contributed by atoms with Crippen LogP contribution in [0.25, 0.3) is 11.1 Å². The van der Waals surface area contributed by atoms with Gasteiger partial charge >= 0.3 is 0 Å². The molecule has 0 atom stereocenters. The van der Waals surface area contributed by atoms with E-state index in [4.69, 9.17) is 9.15 Å². The van der Waals surface area contributed by atoms with Gasteiger partial charge in [0.05, 0.1) is 13.7 Å². The third-order valence-electron chi connectivity index (χ3n) is 4.21. The van der Waals surface area contributed by atoms with Gasteiger partial charge in [-0.2, -0.15) is 0 Å². The first-order chi connectivity index (χ1) is 13.2. The molecular weight excluding hydrogens is 360 g/mol. The van der Waals surface area contributed by atoms with Gasteiger partial charge in [-0.05, 0) is 47.3 Å². The number of ether oxygens (including phenoxy) is 1. The van der Waals surface area contributed by atoms with E-state index in [9.17, 15) is 4.79 Å². The summed E-state index contributed by atoms with van der Waals surface area (Å²) in [5.41, 5.74) is 3.00. The Morgan fingerprint density at radius 2 is 2.04 bits per heavy atom. The number of amides is 1. The van der Waals surface area contributed by atoms with Crippen molar-refractivity contribution in [1.29, 1.82) is 0 Å². The van der Waals surface area contributed by atoms with E-state index in [2.05, 4.69) is 10.3 Å². The van der Waals surface area contributed by atoms with Crippen LogP contribution in [0.3, 0.4) is 0 Å². The molecule has 0 radical (unpaired) electrons. The van der Waals surface area contributed by atoms with E-state index in [-0.39, 0.29) is 5.91 Å². The van der Waals surface area contributed by atoms with Gasteiger partial charge in [-0.25, -0.2) is 4.98 Å². The van der Waals surface area contributed by atoms with Crippen molar-refractivity contribution in [2.45, 2.75) is 13.0 Å². The lowest BCUT2D eigenvalue weighted by atomic mass is 10.1. The first-order valence-corrected chi connectivity index (χ1v) is 9.42. The SMILES string of the molecule is COc1ccc(Cc2nc3ccc(C(=O)NCc4cccs4)cc3o2)cc1. The van der Waals surface area contributed by atoms with Crippen LogP contribution in [-0.4, -0.2) is 18.0 Å². The fourth-order valence-electron chi connectivity index (χ4n) is 2.79. The summed E-state index contributed by atoms with van der Waals surface area (Å²) in [7, 11) is 1.64. The van der Waals surface area contributed by atoms with Gasteiger partial charge in [0, 0.05) is 16.9 Å². The number of benzene rings is 2. The molecule has 2 aromatic heterocycles. The molecule has 0 aliphatic rings. The van der Waals surface area contributed by atoms with Crippen molar-refractivity contribution in [2.75, 3.05) is 7.11 Å². The van der Waals surface area contributed by atoms with Gasteiger partial charge in [-0.15, -0.1) is 11.3 Å². The van der Waals surface area contributed by atoms with Gasteiger partial charge in [0.25, 0.3) is 5.91 Å². The van der Waals surface area contributed by atoms with Gasteiger partial charge in [-0.1, -0.05) is 18.2 Å². The Bertz CT molecular complexity index is 1050. The molecule has 0 aliphatic heterocycles. The lowest BCUT2D eigenvalue weighted by Gasteiger charge is -2.03. The van der Waals surface area contributed by atoms with Gasteiger partial charge < -0.3 is 14.5 Å². The van der Waals surface area contributed by atoms with Crippen molar-refractivity contribution in [2.24, 2.45) is 0 Å². The van der Waals surface area contributed by atoms with E-state index in [0.717, 1.165) is 21.7 Å². The summed E-state index contributed by atoms with van der Waals surface area (Å²) in [5, 5.41) is 4.91. The van der Waals surface area contributed by atoms with E-state index >= 15 is 0 Å². The second-order valence-corrected chi connectivity index (χ2v) is 7.11. The molecule has 0 bridgehead atoms. The molecule has 5 nitrogen and oxygen atoms in total. The Morgan fingerprint density at radius 3 is 2.78 bits per heavy atom. The van der Waals surface area contributed by atoms with Crippen molar-refractivity contribution in [3.63, 3.8) is 0 Å². The van der Waals surface area contributed by atoms with Crippen molar-refractivity contribution in [3.05, 3.63) is 81.9 Å². The molecule has 0 saturated heterocycles. The summed E-state index contributed by atoms with van der Waals surface area (Å²) < 4.78 is 11.0. The molecular formula is C21H18N2O3S. The number of nitrogens with one attached hydrogen (secondary N) is 1. The maximum absolute atomic E-state index is 12.4.